The zero-order valence-corrected chi connectivity index (χ0v) is 13.6. The fraction of sp³-hybridized carbons (Fsp3) is 0.222. The third-order valence-electron chi connectivity index (χ3n) is 4.34. The number of nitrogen functional groups attached to an aromatic ring is 2. The highest BCUT2D eigenvalue weighted by Crippen LogP contribution is 2.41. The van der Waals surface area contributed by atoms with Crippen LogP contribution in [0.2, 0.25) is 0 Å². The van der Waals surface area contributed by atoms with Gasteiger partial charge in [0.15, 0.2) is 5.82 Å². The molecule has 1 aromatic carbocycles. The molecular weight excluding hydrogens is 319 g/mol. The number of rotatable bonds is 5. The standard InChI is InChI=1S/C18H19FN6/c19-12-5-1-10(2-6-12)9-22-18-17(21)13(7-16(20)23-18)15-8-14(24-25-15)11-3-4-11/h1-2,5-8,11H,3-4,9,21H2,(H,24,25)(H3,20,22,23). The summed E-state index contributed by atoms with van der Waals surface area (Å²) in [5.41, 5.74) is 16.3. The zero-order chi connectivity index (χ0) is 17.4. The molecule has 0 atom stereocenters. The van der Waals surface area contributed by atoms with E-state index in [0.717, 1.165) is 22.5 Å². The highest BCUT2D eigenvalue weighted by atomic mass is 19.1. The number of benzene rings is 1. The van der Waals surface area contributed by atoms with Crippen LogP contribution in [0.4, 0.5) is 21.7 Å². The van der Waals surface area contributed by atoms with Gasteiger partial charge in [0.1, 0.15) is 11.6 Å². The monoisotopic (exact) mass is 338 g/mol. The Morgan fingerprint density at radius 3 is 2.64 bits per heavy atom. The minimum Gasteiger partial charge on any atom is -0.395 e. The summed E-state index contributed by atoms with van der Waals surface area (Å²) in [4.78, 5) is 4.28. The van der Waals surface area contributed by atoms with Crippen LogP contribution in [-0.4, -0.2) is 15.2 Å². The van der Waals surface area contributed by atoms with Crippen LogP contribution < -0.4 is 16.8 Å². The van der Waals surface area contributed by atoms with Gasteiger partial charge in [-0.3, -0.25) is 5.10 Å². The summed E-state index contributed by atoms with van der Waals surface area (Å²) in [5, 5.41) is 10.6. The molecule has 1 aliphatic rings. The van der Waals surface area contributed by atoms with E-state index in [0.29, 0.717) is 29.8 Å². The molecule has 2 aromatic heterocycles. The van der Waals surface area contributed by atoms with Crippen LogP contribution in [-0.2, 0) is 6.54 Å². The van der Waals surface area contributed by atoms with Crippen LogP contribution in [0, 0.1) is 5.82 Å². The Morgan fingerprint density at radius 2 is 1.92 bits per heavy atom. The largest absolute Gasteiger partial charge is 0.395 e. The summed E-state index contributed by atoms with van der Waals surface area (Å²) in [6.45, 7) is 0.467. The van der Waals surface area contributed by atoms with E-state index in [-0.39, 0.29) is 5.82 Å². The van der Waals surface area contributed by atoms with Crippen molar-refractivity contribution >= 4 is 17.3 Å². The maximum atomic E-state index is 13.0. The van der Waals surface area contributed by atoms with Crippen LogP contribution in [0.25, 0.3) is 11.3 Å². The Morgan fingerprint density at radius 1 is 1.16 bits per heavy atom. The second kappa shape index (κ2) is 6.08. The first-order valence-corrected chi connectivity index (χ1v) is 8.20. The van der Waals surface area contributed by atoms with Crippen molar-refractivity contribution in [3.8, 4) is 11.3 Å². The molecule has 0 radical (unpaired) electrons. The Hall–Kier alpha value is -3.09. The van der Waals surface area contributed by atoms with E-state index >= 15 is 0 Å². The Labute approximate surface area is 144 Å². The maximum Gasteiger partial charge on any atom is 0.152 e. The van der Waals surface area contributed by atoms with Gasteiger partial charge in [0, 0.05) is 23.7 Å². The lowest BCUT2D eigenvalue weighted by Gasteiger charge is -2.12. The first kappa shape index (κ1) is 15.4. The van der Waals surface area contributed by atoms with Crippen LogP contribution in [0.5, 0.6) is 0 Å². The van der Waals surface area contributed by atoms with Gasteiger partial charge in [-0.05, 0) is 42.7 Å². The molecule has 1 fully saturated rings. The number of H-pyrrole nitrogens is 1. The van der Waals surface area contributed by atoms with Gasteiger partial charge in [-0.25, -0.2) is 9.37 Å². The number of halogens is 1. The second-order valence-electron chi connectivity index (χ2n) is 6.32. The summed E-state index contributed by atoms with van der Waals surface area (Å²) < 4.78 is 13.0. The molecule has 0 aliphatic heterocycles. The number of aromatic amines is 1. The van der Waals surface area contributed by atoms with Crippen molar-refractivity contribution in [1.82, 2.24) is 15.2 Å². The molecule has 0 unspecified atom stereocenters. The van der Waals surface area contributed by atoms with Gasteiger partial charge < -0.3 is 16.8 Å². The first-order valence-electron chi connectivity index (χ1n) is 8.20. The fourth-order valence-electron chi connectivity index (χ4n) is 2.79. The van der Waals surface area contributed by atoms with Crippen molar-refractivity contribution in [3.05, 3.63) is 53.5 Å². The van der Waals surface area contributed by atoms with Gasteiger partial charge in [0.05, 0.1) is 11.4 Å². The van der Waals surface area contributed by atoms with Crippen LogP contribution in [0.3, 0.4) is 0 Å². The lowest BCUT2D eigenvalue weighted by atomic mass is 10.1. The van der Waals surface area contributed by atoms with Gasteiger partial charge in [-0.15, -0.1) is 0 Å². The Bertz CT molecular complexity index is 898. The summed E-state index contributed by atoms with van der Waals surface area (Å²) in [6.07, 6.45) is 2.39. The highest BCUT2D eigenvalue weighted by Gasteiger charge is 2.26. The van der Waals surface area contributed by atoms with E-state index in [1.807, 2.05) is 6.07 Å². The number of nitrogens with zero attached hydrogens (tertiary/aromatic N) is 2. The first-order chi connectivity index (χ1) is 12.1. The Kier molecular flexibility index (Phi) is 3.76. The summed E-state index contributed by atoms with van der Waals surface area (Å²) in [6, 6.07) is 10.0. The fourth-order valence-corrected chi connectivity index (χ4v) is 2.79. The van der Waals surface area contributed by atoms with Crippen LogP contribution in [0.1, 0.15) is 30.0 Å². The van der Waals surface area contributed by atoms with Gasteiger partial charge in [-0.1, -0.05) is 12.1 Å². The van der Waals surface area contributed by atoms with Crippen molar-refractivity contribution in [2.45, 2.75) is 25.3 Å². The van der Waals surface area contributed by atoms with E-state index in [2.05, 4.69) is 20.5 Å². The van der Waals surface area contributed by atoms with Crippen molar-refractivity contribution < 1.29 is 4.39 Å². The average molecular weight is 338 g/mol. The maximum absolute atomic E-state index is 13.0. The number of pyridine rings is 1. The minimum absolute atomic E-state index is 0.266. The minimum atomic E-state index is -0.266. The van der Waals surface area contributed by atoms with E-state index in [4.69, 9.17) is 11.5 Å². The third kappa shape index (κ3) is 3.26. The number of hydrogen-bond donors (Lipinski definition) is 4. The summed E-state index contributed by atoms with van der Waals surface area (Å²) in [7, 11) is 0. The van der Waals surface area contributed by atoms with E-state index in [1.165, 1.54) is 25.0 Å². The molecular formula is C18H19FN6. The third-order valence-corrected chi connectivity index (χ3v) is 4.34. The van der Waals surface area contributed by atoms with E-state index in [9.17, 15) is 4.39 Å². The normalized spacial score (nSPS) is 13.8. The summed E-state index contributed by atoms with van der Waals surface area (Å²) >= 11 is 0. The van der Waals surface area contributed by atoms with Crippen molar-refractivity contribution in [1.29, 1.82) is 0 Å². The molecule has 0 saturated heterocycles. The lowest BCUT2D eigenvalue weighted by Crippen LogP contribution is -2.07. The van der Waals surface area contributed by atoms with Gasteiger partial charge in [0.25, 0.3) is 0 Å². The number of aromatic nitrogens is 3. The second-order valence-corrected chi connectivity index (χ2v) is 6.32. The molecule has 0 bridgehead atoms. The quantitative estimate of drug-likeness (QED) is 0.571. The molecule has 0 spiro atoms. The van der Waals surface area contributed by atoms with E-state index < -0.39 is 0 Å². The van der Waals surface area contributed by atoms with Gasteiger partial charge in [-0.2, -0.15) is 5.10 Å². The predicted octanol–water partition coefficient (Wildman–Crippen LogP) is 3.26. The summed E-state index contributed by atoms with van der Waals surface area (Å²) in [5.74, 6) is 1.17. The highest BCUT2D eigenvalue weighted by molar-refractivity contribution is 5.84. The molecule has 128 valence electrons. The van der Waals surface area contributed by atoms with Crippen LogP contribution >= 0.6 is 0 Å². The smallest absolute Gasteiger partial charge is 0.152 e. The Balaban J connectivity index is 1.59. The van der Waals surface area contributed by atoms with Gasteiger partial charge in [0.2, 0.25) is 0 Å². The molecule has 25 heavy (non-hydrogen) atoms. The number of nitrogens with one attached hydrogen (secondary N) is 2. The topological polar surface area (TPSA) is 106 Å². The molecule has 3 aromatic rings. The molecule has 4 rings (SSSR count). The zero-order valence-electron chi connectivity index (χ0n) is 13.6. The van der Waals surface area contributed by atoms with Crippen molar-refractivity contribution in [2.75, 3.05) is 16.8 Å². The molecule has 1 saturated carbocycles. The molecule has 2 heterocycles. The number of nitrogens with two attached hydrogens (primary N) is 2. The van der Waals surface area contributed by atoms with Gasteiger partial charge >= 0.3 is 0 Å². The molecule has 6 N–H and O–H groups in total. The predicted molar refractivity (Wildman–Crippen MR) is 96.3 cm³/mol. The number of anilines is 3. The van der Waals surface area contributed by atoms with Crippen molar-refractivity contribution in [3.63, 3.8) is 0 Å². The average Bonchev–Trinajstić information content (AvgIpc) is 3.34. The molecule has 0 amide bonds. The van der Waals surface area contributed by atoms with E-state index in [1.54, 1.807) is 18.2 Å². The van der Waals surface area contributed by atoms with Crippen molar-refractivity contribution in [2.24, 2.45) is 0 Å². The molecule has 7 heteroatoms. The SMILES string of the molecule is Nc1cc(-c2cc(C3CC3)[nH]n2)c(N)c(NCc2ccc(F)cc2)n1. The van der Waals surface area contributed by atoms with Crippen LogP contribution in [0.15, 0.2) is 36.4 Å². The lowest BCUT2D eigenvalue weighted by molar-refractivity contribution is 0.627. The molecule has 6 nitrogen and oxygen atoms in total. The number of hydrogen-bond acceptors (Lipinski definition) is 5. The molecule has 1 aliphatic carbocycles.